The largest absolute Gasteiger partial charge is 0.383 e. The van der Waals surface area contributed by atoms with Crippen LogP contribution in [-0.2, 0) is 19.4 Å². The summed E-state index contributed by atoms with van der Waals surface area (Å²) in [6, 6.07) is 0.307. The molecule has 2 heterocycles. The highest BCUT2D eigenvalue weighted by Gasteiger charge is 2.20. The number of nitrogens with zero attached hydrogens (tertiary/aromatic N) is 3. The fourth-order valence-corrected chi connectivity index (χ4v) is 4.15. The molecule has 0 saturated heterocycles. The molecule has 1 unspecified atom stereocenters. The highest BCUT2D eigenvalue weighted by molar-refractivity contribution is 7.19. The van der Waals surface area contributed by atoms with Crippen molar-refractivity contribution < 1.29 is 0 Å². The first-order valence-electron chi connectivity index (χ1n) is 7.57. The van der Waals surface area contributed by atoms with Gasteiger partial charge in [-0.3, -0.25) is 4.90 Å². The SMILES string of the molecule is CC(CN)N(C)Cc1nc(N)c2c3c(sc2n1)CCCC3.Cl. The topological polar surface area (TPSA) is 81.1 Å². The van der Waals surface area contributed by atoms with E-state index in [1.165, 1.54) is 23.3 Å². The number of thiophene rings is 1. The molecule has 122 valence electrons. The van der Waals surface area contributed by atoms with E-state index in [1.54, 1.807) is 11.3 Å². The Bertz CT molecular complexity index is 657. The van der Waals surface area contributed by atoms with Gasteiger partial charge in [-0.15, -0.1) is 23.7 Å². The van der Waals surface area contributed by atoms with Crippen LogP contribution in [0.2, 0.25) is 0 Å². The Hall–Kier alpha value is -0.950. The Balaban J connectivity index is 0.00000176. The number of hydrogen-bond donors (Lipinski definition) is 2. The zero-order valence-corrected chi connectivity index (χ0v) is 14.8. The highest BCUT2D eigenvalue weighted by atomic mass is 35.5. The van der Waals surface area contributed by atoms with Crippen LogP contribution in [0.3, 0.4) is 0 Å². The fourth-order valence-electron chi connectivity index (χ4n) is 2.86. The molecule has 1 atom stereocenters. The van der Waals surface area contributed by atoms with E-state index in [4.69, 9.17) is 16.5 Å². The van der Waals surface area contributed by atoms with E-state index in [9.17, 15) is 0 Å². The maximum atomic E-state index is 6.22. The van der Waals surface area contributed by atoms with Gasteiger partial charge in [-0.1, -0.05) is 0 Å². The molecule has 1 aliphatic carbocycles. The van der Waals surface area contributed by atoms with Crippen molar-refractivity contribution in [1.29, 1.82) is 0 Å². The van der Waals surface area contributed by atoms with Crippen molar-refractivity contribution in [1.82, 2.24) is 14.9 Å². The zero-order chi connectivity index (χ0) is 15.0. The third-order valence-electron chi connectivity index (χ3n) is 4.37. The number of anilines is 1. The lowest BCUT2D eigenvalue weighted by molar-refractivity contribution is 0.249. The van der Waals surface area contributed by atoms with Crippen LogP contribution in [0.25, 0.3) is 10.2 Å². The molecule has 0 saturated carbocycles. The maximum Gasteiger partial charge on any atom is 0.146 e. The van der Waals surface area contributed by atoms with Gasteiger partial charge in [-0.25, -0.2) is 9.97 Å². The van der Waals surface area contributed by atoms with Crippen LogP contribution in [-0.4, -0.2) is 34.5 Å². The number of hydrogen-bond acceptors (Lipinski definition) is 6. The quantitative estimate of drug-likeness (QED) is 0.892. The van der Waals surface area contributed by atoms with Crippen molar-refractivity contribution >= 4 is 39.8 Å². The summed E-state index contributed by atoms with van der Waals surface area (Å²) in [5.41, 5.74) is 13.3. The lowest BCUT2D eigenvalue weighted by Gasteiger charge is -2.22. The molecule has 0 bridgehead atoms. The second kappa shape index (κ2) is 7.08. The molecule has 5 nitrogen and oxygen atoms in total. The Morgan fingerprint density at radius 1 is 1.27 bits per heavy atom. The number of nitrogens with two attached hydrogens (primary N) is 2. The molecule has 2 aromatic rings. The van der Waals surface area contributed by atoms with Crippen molar-refractivity contribution in [3.05, 3.63) is 16.3 Å². The maximum absolute atomic E-state index is 6.22. The lowest BCUT2D eigenvalue weighted by Crippen LogP contribution is -2.35. The van der Waals surface area contributed by atoms with E-state index in [0.29, 0.717) is 24.9 Å². The van der Waals surface area contributed by atoms with Crippen LogP contribution in [0.4, 0.5) is 5.82 Å². The predicted octanol–water partition coefficient (Wildman–Crippen LogP) is 2.35. The third kappa shape index (κ3) is 3.20. The molecule has 2 aromatic heterocycles. The summed E-state index contributed by atoms with van der Waals surface area (Å²) in [5, 5.41) is 1.10. The van der Waals surface area contributed by atoms with Crippen LogP contribution < -0.4 is 11.5 Å². The summed E-state index contributed by atoms with van der Waals surface area (Å²) in [7, 11) is 2.04. The summed E-state index contributed by atoms with van der Waals surface area (Å²) in [6.45, 7) is 3.41. The molecule has 0 aromatic carbocycles. The van der Waals surface area contributed by atoms with Crippen molar-refractivity contribution in [2.45, 2.75) is 45.2 Å². The number of aromatic nitrogens is 2. The smallest absolute Gasteiger partial charge is 0.146 e. The molecule has 3 rings (SSSR count). The normalized spacial score (nSPS) is 15.6. The molecule has 1 aliphatic rings. The van der Waals surface area contributed by atoms with E-state index in [2.05, 4.69) is 16.8 Å². The zero-order valence-electron chi connectivity index (χ0n) is 13.1. The highest BCUT2D eigenvalue weighted by Crippen LogP contribution is 2.37. The van der Waals surface area contributed by atoms with Crippen molar-refractivity contribution in [2.75, 3.05) is 19.3 Å². The molecule has 22 heavy (non-hydrogen) atoms. The van der Waals surface area contributed by atoms with Crippen LogP contribution in [0.5, 0.6) is 0 Å². The third-order valence-corrected chi connectivity index (χ3v) is 5.56. The molecule has 0 fully saturated rings. The molecular formula is C15H24ClN5S. The average molecular weight is 342 g/mol. The summed E-state index contributed by atoms with van der Waals surface area (Å²) in [5.74, 6) is 1.43. The van der Waals surface area contributed by atoms with Crippen molar-refractivity contribution in [3.8, 4) is 0 Å². The minimum absolute atomic E-state index is 0. The van der Waals surface area contributed by atoms with Crippen LogP contribution in [0.15, 0.2) is 0 Å². The molecular weight excluding hydrogens is 318 g/mol. The number of halogens is 1. The Morgan fingerprint density at radius 3 is 2.73 bits per heavy atom. The summed E-state index contributed by atoms with van der Waals surface area (Å²) < 4.78 is 0. The van der Waals surface area contributed by atoms with Gasteiger partial charge in [0.25, 0.3) is 0 Å². The standard InChI is InChI=1S/C15H23N5S.ClH/c1-9(7-16)20(2)8-12-18-14(17)13-10-5-3-4-6-11(10)21-15(13)19-12;/h9H,3-8,16H2,1-2H3,(H2,17,18,19);1H. The summed E-state index contributed by atoms with van der Waals surface area (Å²) in [6.07, 6.45) is 4.80. The first-order chi connectivity index (χ1) is 10.1. The minimum Gasteiger partial charge on any atom is -0.383 e. The van der Waals surface area contributed by atoms with Gasteiger partial charge in [0.1, 0.15) is 16.5 Å². The molecule has 0 spiro atoms. The number of likely N-dealkylation sites (N-methyl/N-ethyl adjacent to an activating group) is 1. The van der Waals surface area contributed by atoms with E-state index in [-0.39, 0.29) is 12.4 Å². The second-order valence-corrected chi connectivity index (χ2v) is 7.00. The van der Waals surface area contributed by atoms with Gasteiger partial charge < -0.3 is 11.5 Å². The molecule has 0 amide bonds. The molecule has 0 radical (unpaired) electrons. The van der Waals surface area contributed by atoms with Crippen molar-refractivity contribution in [2.24, 2.45) is 5.73 Å². The Labute approximate surface area is 141 Å². The molecule has 4 N–H and O–H groups in total. The Kier molecular flexibility index (Phi) is 5.60. The van der Waals surface area contributed by atoms with Gasteiger partial charge in [-0.05, 0) is 45.2 Å². The van der Waals surface area contributed by atoms with Crippen LogP contribution in [0.1, 0.15) is 36.0 Å². The predicted molar refractivity (Wildman–Crippen MR) is 95.7 cm³/mol. The van der Waals surface area contributed by atoms with E-state index >= 15 is 0 Å². The van der Waals surface area contributed by atoms with Gasteiger partial charge in [0, 0.05) is 17.5 Å². The fraction of sp³-hybridized carbons (Fsp3) is 0.600. The number of rotatable bonds is 4. The molecule has 7 heteroatoms. The van der Waals surface area contributed by atoms with Gasteiger partial charge in [0.05, 0.1) is 11.9 Å². The number of nitrogen functional groups attached to an aromatic ring is 1. The second-order valence-electron chi connectivity index (χ2n) is 5.92. The van der Waals surface area contributed by atoms with Crippen molar-refractivity contribution in [3.63, 3.8) is 0 Å². The van der Waals surface area contributed by atoms with Gasteiger partial charge >= 0.3 is 0 Å². The lowest BCUT2D eigenvalue weighted by atomic mass is 9.97. The minimum atomic E-state index is 0. The molecule has 0 aliphatic heterocycles. The average Bonchev–Trinajstić information content (AvgIpc) is 2.84. The van der Waals surface area contributed by atoms with Gasteiger partial charge in [-0.2, -0.15) is 0 Å². The van der Waals surface area contributed by atoms with Crippen LogP contribution >= 0.6 is 23.7 Å². The monoisotopic (exact) mass is 341 g/mol. The number of fused-ring (bicyclic) bond motifs is 3. The summed E-state index contributed by atoms with van der Waals surface area (Å²) >= 11 is 1.79. The van der Waals surface area contributed by atoms with Crippen LogP contribution in [0, 0.1) is 0 Å². The Morgan fingerprint density at radius 2 is 2.00 bits per heavy atom. The van der Waals surface area contributed by atoms with E-state index in [0.717, 1.165) is 28.9 Å². The number of aryl methyl sites for hydroxylation is 2. The van der Waals surface area contributed by atoms with Gasteiger partial charge in [0.15, 0.2) is 0 Å². The first-order valence-corrected chi connectivity index (χ1v) is 8.38. The summed E-state index contributed by atoms with van der Waals surface area (Å²) in [4.78, 5) is 13.9. The van der Waals surface area contributed by atoms with E-state index < -0.39 is 0 Å². The first kappa shape index (κ1) is 17.4. The van der Waals surface area contributed by atoms with E-state index in [1.807, 2.05) is 7.05 Å². The van der Waals surface area contributed by atoms with Gasteiger partial charge in [0.2, 0.25) is 0 Å².